The van der Waals surface area contributed by atoms with E-state index in [9.17, 15) is 18.0 Å². The number of carbonyl (C=O) groups is 2. The lowest BCUT2D eigenvalue weighted by atomic mass is 9.91. The number of fused-ring (bicyclic) bond motifs is 1. The first kappa shape index (κ1) is 22.6. The fourth-order valence-electron chi connectivity index (χ4n) is 3.30. The van der Waals surface area contributed by atoms with E-state index in [0.717, 1.165) is 44.1 Å². The largest absolute Gasteiger partial charge is 0.426 e. The van der Waals surface area contributed by atoms with Crippen molar-refractivity contribution in [2.24, 2.45) is 5.92 Å². The summed E-state index contributed by atoms with van der Waals surface area (Å²) in [7, 11) is -3.02. The molecule has 0 saturated carbocycles. The number of unbranched alkanes of at least 4 members (excludes halogenated alkanes) is 4. The number of carbonyl (C=O) groups excluding carboxylic acids is 2. The number of esters is 1. The van der Waals surface area contributed by atoms with Crippen molar-refractivity contribution in [3.05, 3.63) is 29.3 Å². The Morgan fingerprint density at radius 3 is 2.39 bits per heavy atom. The second-order valence-electron chi connectivity index (χ2n) is 8.68. The van der Waals surface area contributed by atoms with E-state index < -0.39 is 26.5 Å². The molecule has 1 atom stereocenters. The number of Topliss-reactive ketones (excluding diaryl/α,β-unsaturated/α-hetero) is 1. The van der Waals surface area contributed by atoms with Crippen molar-refractivity contribution in [3.63, 3.8) is 0 Å². The molecule has 0 amide bonds. The minimum Gasteiger partial charge on any atom is -0.426 e. The summed E-state index contributed by atoms with van der Waals surface area (Å²) in [6.45, 7) is 6.68. The van der Waals surface area contributed by atoms with Crippen LogP contribution in [0.25, 0.3) is 0 Å². The van der Waals surface area contributed by atoms with E-state index in [2.05, 4.69) is 0 Å². The monoisotopic (exact) mass is 408 g/mol. The van der Waals surface area contributed by atoms with Gasteiger partial charge in [0.15, 0.2) is 9.84 Å². The number of ketones is 1. The van der Waals surface area contributed by atoms with Crippen LogP contribution < -0.4 is 4.74 Å². The van der Waals surface area contributed by atoms with Crippen LogP contribution in [0.5, 0.6) is 5.75 Å². The summed E-state index contributed by atoms with van der Waals surface area (Å²) in [5.74, 6) is -0.480. The highest BCUT2D eigenvalue weighted by Gasteiger charge is 2.32. The number of aryl methyl sites for hydroxylation is 1. The molecule has 0 N–H and O–H groups in total. The highest BCUT2D eigenvalue weighted by molar-refractivity contribution is 7.92. The van der Waals surface area contributed by atoms with Gasteiger partial charge in [0.05, 0.1) is 10.5 Å². The molecule has 1 aromatic rings. The molecule has 2 rings (SSSR count). The number of sulfone groups is 1. The van der Waals surface area contributed by atoms with Gasteiger partial charge in [0.2, 0.25) is 0 Å². The van der Waals surface area contributed by atoms with E-state index in [4.69, 9.17) is 4.74 Å². The zero-order valence-corrected chi connectivity index (χ0v) is 18.2. The van der Waals surface area contributed by atoms with Gasteiger partial charge in [-0.3, -0.25) is 9.59 Å². The fraction of sp³-hybridized carbons (Fsp3) is 0.636. The summed E-state index contributed by atoms with van der Waals surface area (Å²) in [6, 6.07) is 5.82. The number of hydrogen-bond donors (Lipinski definition) is 0. The molecule has 1 unspecified atom stereocenters. The smallest absolute Gasteiger partial charge is 0.322 e. The summed E-state index contributed by atoms with van der Waals surface area (Å²) in [4.78, 5) is 23.4. The molecule has 1 aromatic carbocycles. The molecule has 1 heterocycles. The number of rotatable bonds is 9. The Kier molecular flexibility index (Phi) is 7.43. The molecule has 156 valence electrons. The molecule has 0 spiro atoms. The van der Waals surface area contributed by atoms with Gasteiger partial charge in [-0.2, -0.15) is 0 Å². The first-order valence-electron chi connectivity index (χ1n) is 10.1. The Morgan fingerprint density at radius 2 is 1.75 bits per heavy atom. The van der Waals surface area contributed by atoms with E-state index in [1.807, 2.05) is 18.2 Å². The predicted molar refractivity (Wildman–Crippen MR) is 110 cm³/mol. The molecular weight excluding hydrogens is 376 g/mol. The van der Waals surface area contributed by atoms with Crippen molar-refractivity contribution < 1.29 is 22.7 Å². The summed E-state index contributed by atoms with van der Waals surface area (Å²) < 4.78 is 28.8. The molecule has 1 aliphatic heterocycles. The maximum atomic E-state index is 12.1. The minimum absolute atomic E-state index is 0.158. The van der Waals surface area contributed by atoms with Crippen LogP contribution in [0.15, 0.2) is 18.2 Å². The van der Waals surface area contributed by atoms with Crippen LogP contribution in [-0.2, 0) is 32.3 Å². The van der Waals surface area contributed by atoms with Crippen molar-refractivity contribution >= 4 is 21.6 Å². The van der Waals surface area contributed by atoms with Crippen LogP contribution in [0, 0.1) is 5.92 Å². The minimum atomic E-state index is -3.02. The zero-order valence-electron chi connectivity index (χ0n) is 17.4. The molecule has 0 aliphatic carbocycles. The quantitative estimate of drug-likeness (QED) is 0.266. The molecular formula is C22H32O5S. The summed E-state index contributed by atoms with van der Waals surface area (Å²) in [5.41, 5.74) is 2.10. The maximum absolute atomic E-state index is 12.1. The third kappa shape index (κ3) is 5.90. The van der Waals surface area contributed by atoms with Crippen LogP contribution in [0.1, 0.15) is 70.9 Å². The number of ether oxygens (including phenoxy) is 1. The van der Waals surface area contributed by atoms with Crippen LogP contribution in [0.3, 0.4) is 0 Å². The molecule has 0 radical (unpaired) electrons. The summed E-state index contributed by atoms with van der Waals surface area (Å²) in [5, 5.41) is 0. The van der Waals surface area contributed by atoms with E-state index in [-0.39, 0.29) is 11.5 Å². The van der Waals surface area contributed by atoms with Crippen molar-refractivity contribution in [2.45, 2.75) is 77.4 Å². The Balaban J connectivity index is 1.74. The molecule has 0 aromatic heterocycles. The lowest BCUT2D eigenvalue weighted by Gasteiger charge is -2.22. The number of hydrogen-bond acceptors (Lipinski definition) is 5. The lowest BCUT2D eigenvalue weighted by Crippen LogP contribution is -2.32. The molecule has 1 aliphatic rings. The van der Waals surface area contributed by atoms with Gasteiger partial charge in [-0.05, 0) is 70.6 Å². The lowest BCUT2D eigenvalue weighted by molar-refractivity contribution is -0.144. The topological polar surface area (TPSA) is 77.5 Å². The molecule has 6 heteroatoms. The Morgan fingerprint density at radius 1 is 1.11 bits per heavy atom. The van der Waals surface area contributed by atoms with Crippen LogP contribution in [0.2, 0.25) is 0 Å². The molecule has 0 saturated heterocycles. The van der Waals surface area contributed by atoms with E-state index >= 15 is 0 Å². The highest BCUT2D eigenvalue weighted by Crippen LogP contribution is 2.30. The van der Waals surface area contributed by atoms with Gasteiger partial charge >= 0.3 is 5.97 Å². The molecule has 0 fully saturated rings. The average molecular weight is 409 g/mol. The Bertz CT molecular complexity index is 818. The highest BCUT2D eigenvalue weighted by atomic mass is 32.2. The van der Waals surface area contributed by atoms with E-state index in [1.165, 1.54) is 12.5 Å². The first-order valence-corrected chi connectivity index (χ1v) is 11.7. The van der Waals surface area contributed by atoms with Gasteiger partial charge in [-0.25, -0.2) is 8.42 Å². The average Bonchev–Trinajstić information content (AvgIpc) is 2.59. The Hall–Kier alpha value is -1.69. The van der Waals surface area contributed by atoms with Crippen LogP contribution in [-0.4, -0.2) is 30.7 Å². The van der Waals surface area contributed by atoms with Crippen molar-refractivity contribution in [1.82, 2.24) is 0 Å². The normalized spacial score (nSPS) is 17.1. The molecule has 0 bridgehead atoms. The second-order valence-corrected chi connectivity index (χ2v) is 11.5. The van der Waals surface area contributed by atoms with Gasteiger partial charge in [-0.1, -0.05) is 31.4 Å². The zero-order chi connectivity index (χ0) is 20.9. The van der Waals surface area contributed by atoms with Crippen LogP contribution >= 0.6 is 0 Å². The van der Waals surface area contributed by atoms with Crippen molar-refractivity contribution in [3.8, 4) is 5.75 Å². The summed E-state index contributed by atoms with van der Waals surface area (Å²) in [6.07, 6.45) is 6.09. The number of benzene rings is 1. The van der Waals surface area contributed by atoms with Gasteiger partial charge in [0.1, 0.15) is 17.5 Å². The van der Waals surface area contributed by atoms with Gasteiger partial charge in [0, 0.05) is 0 Å². The SMILES string of the molecule is CC(=O)C1Cc2cc(CCCCCCCS(=O)(=O)C(C)(C)C)ccc2OC1=O. The summed E-state index contributed by atoms with van der Waals surface area (Å²) >= 11 is 0. The third-order valence-electron chi connectivity index (χ3n) is 5.35. The maximum Gasteiger partial charge on any atom is 0.322 e. The van der Waals surface area contributed by atoms with Gasteiger partial charge in [-0.15, -0.1) is 0 Å². The van der Waals surface area contributed by atoms with Crippen LogP contribution in [0.4, 0.5) is 0 Å². The molecule has 28 heavy (non-hydrogen) atoms. The fourth-order valence-corrected chi connectivity index (χ4v) is 4.49. The predicted octanol–water partition coefficient (Wildman–Crippen LogP) is 4.06. The third-order valence-corrected chi connectivity index (χ3v) is 8.04. The van der Waals surface area contributed by atoms with Gasteiger partial charge < -0.3 is 4.74 Å². The van der Waals surface area contributed by atoms with E-state index in [1.54, 1.807) is 20.8 Å². The second kappa shape index (κ2) is 9.21. The van der Waals surface area contributed by atoms with Crippen molar-refractivity contribution in [2.75, 3.05) is 5.75 Å². The van der Waals surface area contributed by atoms with Gasteiger partial charge in [0.25, 0.3) is 0 Å². The molecule has 5 nitrogen and oxygen atoms in total. The van der Waals surface area contributed by atoms with Crippen molar-refractivity contribution in [1.29, 1.82) is 0 Å². The first-order chi connectivity index (χ1) is 13.0. The van der Waals surface area contributed by atoms with E-state index in [0.29, 0.717) is 12.2 Å². The Labute approximate surface area is 168 Å². The standard InChI is InChI=1S/C22H32O5S/c1-16(23)19-15-18-14-17(11-12-20(18)27-21(19)24)10-8-6-5-7-9-13-28(25,26)22(2,3)4/h11-12,14,19H,5-10,13,15H2,1-4H3.